The van der Waals surface area contributed by atoms with Crippen LogP contribution >= 0.6 is 22.7 Å². The number of hydrogen-bond acceptors (Lipinski definition) is 10. The minimum Gasteiger partial charge on any atom is -0.300 e. The number of pyridine rings is 2. The normalized spacial score (nSPS) is 16.6. The molecule has 0 radical (unpaired) electrons. The van der Waals surface area contributed by atoms with Crippen molar-refractivity contribution in [3.05, 3.63) is 70.2 Å². The molecule has 0 aromatic carbocycles. The van der Waals surface area contributed by atoms with Gasteiger partial charge in [-0.1, -0.05) is 34.8 Å². The van der Waals surface area contributed by atoms with Gasteiger partial charge < -0.3 is 10.6 Å². The molecule has 4 aromatic heterocycles. The number of nitrogens with one attached hydrogen (secondary N) is 2. The van der Waals surface area contributed by atoms with Crippen LogP contribution in [-0.4, -0.2) is 42.2 Å². The zero-order valence-electron chi connectivity index (χ0n) is 18.6. The van der Waals surface area contributed by atoms with Crippen LogP contribution < -0.4 is 10.6 Å². The molecule has 12 heteroatoms. The molecule has 0 saturated heterocycles. The molecule has 5 rings (SSSR count). The standard InChI is InChI=1S/C23H22N8O2S2/c32-18(7-14-3-1-5-24-12-14)26-22-30-28-20(34-22)10-16-9-17(16)11-21-29-31-23(35-21)27-19(33)8-15-4-2-6-25-13-15/h1-6,12-13,16-17H,7-11H2,(H,26,30,32)(H,27,31,33). The highest BCUT2D eigenvalue weighted by atomic mass is 32.1. The van der Waals surface area contributed by atoms with Crippen molar-refractivity contribution in [1.82, 2.24) is 30.4 Å². The van der Waals surface area contributed by atoms with Crippen LogP contribution in [0.15, 0.2) is 49.1 Å². The number of anilines is 2. The summed E-state index contributed by atoms with van der Waals surface area (Å²) in [5.74, 6) is 0.748. The van der Waals surface area contributed by atoms with Crippen molar-refractivity contribution in [2.75, 3.05) is 10.6 Å². The number of hydrogen-bond donors (Lipinski definition) is 2. The van der Waals surface area contributed by atoms with Crippen LogP contribution in [0.5, 0.6) is 0 Å². The average molecular weight is 507 g/mol. The molecule has 2 amide bonds. The molecule has 2 unspecified atom stereocenters. The quantitative estimate of drug-likeness (QED) is 0.335. The van der Waals surface area contributed by atoms with E-state index >= 15 is 0 Å². The van der Waals surface area contributed by atoms with Gasteiger partial charge in [-0.05, 0) is 41.5 Å². The van der Waals surface area contributed by atoms with E-state index in [-0.39, 0.29) is 24.7 Å². The zero-order valence-corrected chi connectivity index (χ0v) is 20.3. The SMILES string of the molecule is O=C(Cc1cccnc1)Nc1nnc(CC2CC2Cc2nnc(NC(=O)Cc3cccnc3)s2)s1. The van der Waals surface area contributed by atoms with E-state index in [4.69, 9.17) is 0 Å². The van der Waals surface area contributed by atoms with E-state index in [9.17, 15) is 9.59 Å². The average Bonchev–Trinajstić information content (AvgIpc) is 3.18. The molecule has 0 spiro atoms. The highest BCUT2D eigenvalue weighted by Gasteiger charge is 2.38. The number of amides is 2. The van der Waals surface area contributed by atoms with Crippen LogP contribution in [-0.2, 0) is 35.3 Å². The van der Waals surface area contributed by atoms with Crippen LogP contribution in [0.25, 0.3) is 0 Å². The summed E-state index contributed by atoms with van der Waals surface area (Å²) in [4.78, 5) is 32.4. The van der Waals surface area contributed by atoms with Gasteiger partial charge in [0, 0.05) is 37.6 Å². The Hall–Kier alpha value is -3.64. The third-order valence-electron chi connectivity index (χ3n) is 5.54. The molecule has 0 bridgehead atoms. The molecule has 1 saturated carbocycles. The van der Waals surface area contributed by atoms with Gasteiger partial charge in [-0.15, -0.1) is 20.4 Å². The van der Waals surface area contributed by atoms with E-state index in [1.807, 2.05) is 12.1 Å². The van der Waals surface area contributed by atoms with Crippen molar-refractivity contribution >= 4 is 44.8 Å². The lowest BCUT2D eigenvalue weighted by molar-refractivity contribution is -0.116. The van der Waals surface area contributed by atoms with Gasteiger partial charge in [0.05, 0.1) is 12.8 Å². The summed E-state index contributed by atoms with van der Waals surface area (Å²) in [5.41, 5.74) is 1.70. The Morgan fingerprint density at radius 2 is 1.26 bits per heavy atom. The third-order valence-corrected chi connectivity index (χ3v) is 7.27. The Labute approximate surface area is 209 Å². The first-order valence-electron chi connectivity index (χ1n) is 11.1. The molecule has 1 aliphatic rings. The van der Waals surface area contributed by atoms with E-state index in [1.54, 1.807) is 36.9 Å². The van der Waals surface area contributed by atoms with Crippen LogP contribution in [0.3, 0.4) is 0 Å². The molecule has 178 valence electrons. The number of rotatable bonds is 10. The molecule has 4 aromatic rings. The minimum absolute atomic E-state index is 0.135. The van der Waals surface area contributed by atoms with Crippen molar-refractivity contribution in [3.63, 3.8) is 0 Å². The van der Waals surface area contributed by atoms with Crippen LogP contribution in [0.4, 0.5) is 10.3 Å². The first kappa shape index (κ1) is 23.1. The molecule has 4 heterocycles. The Morgan fingerprint density at radius 3 is 1.69 bits per heavy atom. The summed E-state index contributed by atoms with van der Waals surface area (Å²) < 4.78 is 0. The molecule has 2 atom stereocenters. The van der Waals surface area contributed by atoms with E-state index < -0.39 is 0 Å². The van der Waals surface area contributed by atoms with Crippen LogP contribution in [0.2, 0.25) is 0 Å². The number of nitrogens with zero attached hydrogens (tertiary/aromatic N) is 6. The maximum Gasteiger partial charge on any atom is 0.230 e. The van der Waals surface area contributed by atoms with Crippen molar-refractivity contribution in [1.29, 1.82) is 0 Å². The van der Waals surface area contributed by atoms with Crippen molar-refractivity contribution in [3.8, 4) is 0 Å². The predicted molar refractivity (Wildman–Crippen MR) is 132 cm³/mol. The van der Waals surface area contributed by atoms with E-state index in [0.717, 1.165) is 40.4 Å². The van der Waals surface area contributed by atoms with Crippen molar-refractivity contribution in [2.24, 2.45) is 11.8 Å². The summed E-state index contributed by atoms with van der Waals surface area (Å²) in [5, 5.41) is 25.2. The van der Waals surface area contributed by atoms with Gasteiger partial charge >= 0.3 is 0 Å². The van der Waals surface area contributed by atoms with E-state index in [1.165, 1.54) is 22.7 Å². The first-order chi connectivity index (χ1) is 17.1. The predicted octanol–water partition coefficient (Wildman–Crippen LogP) is 2.96. The smallest absolute Gasteiger partial charge is 0.230 e. The second-order valence-corrected chi connectivity index (χ2v) is 10.5. The van der Waals surface area contributed by atoms with Gasteiger partial charge in [0.1, 0.15) is 10.0 Å². The maximum absolute atomic E-state index is 12.2. The van der Waals surface area contributed by atoms with Gasteiger partial charge in [-0.2, -0.15) is 0 Å². The van der Waals surface area contributed by atoms with Gasteiger partial charge in [-0.25, -0.2) is 0 Å². The summed E-state index contributed by atoms with van der Waals surface area (Å²) in [6.07, 6.45) is 9.95. The second-order valence-electron chi connectivity index (χ2n) is 8.34. The van der Waals surface area contributed by atoms with Crippen LogP contribution in [0.1, 0.15) is 27.6 Å². The Balaban J connectivity index is 1.05. The molecular weight excluding hydrogens is 484 g/mol. The minimum atomic E-state index is -0.135. The lowest BCUT2D eigenvalue weighted by Gasteiger charge is -2.00. The molecule has 1 aliphatic carbocycles. The fraction of sp³-hybridized carbons (Fsp3) is 0.304. The molecule has 2 N–H and O–H groups in total. The molecule has 1 fully saturated rings. The Bertz CT molecular complexity index is 1200. The first-order valence-corrected chi connectivity index (χ1v) is 12.8. The van der Waals surface area contributed by atoms with Gasteiger partial charge in [0.15, 0.2) is 0 Å². The number of aromatic nitrogens is 6. The fourth-order valence-corrected chi connectivity index (χ4v) is 5.43. The molecule has 10 nitrogen and oxygen atoms in total. The largest absolute Gasteiger partial charge is 0.300 e. The number of carbonyl (C=O) groups is 2. The third kappa shape index (κ3) is 6.70. The maximum atomic E-state index is 12.2. The van der Waals surface area contributed by atoms with Crippen LogP contribution in [0, 0.1) is 11.8 Å². The lowest BCUT2D eigenvalue weighted by Crippen LogP contribution is -2.14. The van der Waals surface area contributed by atoms with Gasteiger partial charge in [0.2, 0.25) is 22.1 Å². The Kier molecular flexibility index (Phi) is 7.09. The highest BCUT2D eigenvalue weighted by Crippen LogP contribution is 2.44. The molecule has 35 heavy (non-hydrogen) atoms. The topological polar surface area (TPSA) is 136 Å². The highest BCUT2D eigenvalue weighted by molar-refractivity contribution is 7.15. The summed E-state index contributed by atoms with van der Waals surface area (Å²) >= 11 is 2.83. The van der Waals surface area contributed by atoms with Gasteiger partial charge in [0.25, 0.3) is 0 Å². The summed E-state index contributed by atoms with van der Waals surface area (Å²) in [7, 11) is 0. The monoisotopic (exact) mass is 506 g/mol. The van der Waals surface area contributed by atoms with E-state index in [2.05, 4.69) is 41.0 Å². The lowest BCUT2D eigenvalue weighted by atomic mass is 10.2. The van der Waals surface area contributed by atoms with E-state index in [0.29, 0.717) is 22.1 Å². The van der Waals surface area contributed by atoms with Crippen molar-refractivity contribution in [2.45, 2.75) is 32.1 Å². The summed E-state index contributed by atoms with van der Waals surface area (Å²) in [6.45, 7) is 0. The molecule has 0 aliphatic heterocycles. The summed E-state index contributed by atoms with van der Waals surface area (Å²) in [6, 6.07) is 7.34. The van der Waals surface area contributed by atoms with Crippen molar-refractivity contribution < 1.29 is 9.59 Å². The second kappa shape index (κ2) is 10.7. The zero-order chi connectivity index (χ0) is 24.0. The van der Waals surface area contributed by atoms with Gasteiger partial charge in [-0.3, -0.25) is 19.6 Å². The molecular formula is C23H22N8O2S2. The Morgan fingerprint density at radius 1 is 0.771 bits per heavy atom. The number of carbonyl (C=O) groups excluding carboxylic acids is 2. The fourth-order valence-electron chi connectivity index (χ4n) is 3.74.